The molecule has 4 rings (SSSR count). The Labute approximate surface area is 126 Å². The Morgan fingerprint density at radius 2 is 1.52 bits per heavy atom. The normalized spacial score (nSPS) is 21.8. The number of piperidine rings is 1. The maximum absolute atomic E-state index is 3.65. The van der Waals surface area contributed by atoms with Gasteiger partial charge in [-0.3, -0.25) is 4.90 Å². The van der Waals surface area contributed by atoms with Crippen molar-refractivity contribution in [3.05, 3.63) is 59.7 Å². The number of likely N-dealkylation sites (tertiary alicyclic amines) is 1. The van der Waals surface area contributed by atoms with Gasteiger partial charge in [0.05, 0.1) is 0 Å². The quantitative estimate of drug-likeness (QED) is 0.825. The summed E-state index contributed by atoms with van der Waals surface area (Å²) in [5.41, 5.74) is 5.43. The maximum Gasteiger partial charge on any atom is 0.0433 e. The molecule has 1 N–H and O–H groups in total. The number of anilines is 2. The molecule has 0 radical (unpaired) electrons. The van der Waals surface area contributed by atoms with Crippen LogP contribution in [0, 0.1) is 0 Å². The van der Waals surface area contributed by atoms with Gasteiger partial charge in [0.1, 0.15) is 0 Å². The van der Waals surface area contributed by atoms with Gasteiger partial charge in [-0.25, -0.2) is 0 Å². The first kappa shape index (κ1) is 12.9. The van der Waals surface area contributed by atoms with Crippen LogP contribution in [0.2, 0.25) is 0 Å². The molecule has 0 amide bonds. The largest absolute Gasteiger partial charge is 0.355 e. The fourth-order valence-corrected chi connectivity index (χ4v) is 3.74. The summed E-state index contributed by atoms with van der Waals surface area (Å²) >= 11 is 0. The fourth-order valence-electron chi connectivity index (χ4n) is 3.74. The minimum atomic E-state index is 0.512. The standard InChI is InChI=1S/C19H22N2/c1-6-12-21(13-7-1)19-14-15-8-2-4-10-17(15)20-18-11-5-3-9-16(18)19/h2-5,8-11,19-20H,1,6-7,12-14H2/t19-/m1/s1. The van der Waals surface area contributed by atoms with Crippen LogP contribution >= 0.6 is 0 Å². The highest BCUT2D eigenvalue weighted by molar-refractivity contribution is 5.69. The van der Waals surface area contributed by atoms with Crippen molar-refractivity contribution in [3.63, 3.8) is 0 Å². The molecule has 1 saturated heterocycles. The van der Waals surface area contributed by atoms with Gasteiger partial charge in [-0.2, -0.15) is 0 Å². The van der Waals surface area contributed by atoms with Crippen molar-refractivity contribution in [1.29, 1.82) is 0 Å². The van der Waals surface area contributed by atoms with E-state index in [4.69, 9.17) is 0 Å². The summed E-state index contributed by atoms with van der Waals surface area (Å²) in [6.45, 7) is 2.47. The van der Waals surface area contributed by atoms with Gasteiger partial charge < -0.3 is 5.32 Å². The highest BCUT2D eigenvalue weighted by atomic mass is 15.2. The maximum atomic E-state index is 3.65. The summed E-state index contributed by atoms with van der Waals surface area (Å²) in [5.74, 6) is 0. The molecular weight excluding hydrogens is 256 g/mol. The molecular formula is C19H22N2. The Kier molecular flexibility index (Phi) is 3.40. The van der Waals surface area contributed by atoms with E-state index in [-0.39, 0.29) is 0 Å². The van der Waals surface area contributed by atoms with Crippen LogP contribution in [-0.4, -0.2) is 18.0 Å². The zero-order chi connectivity index (χ0) is 14.1. The Balaban J connectivity index is 1.78. The van der Waals surface area contributed by atoms with Crippen LogP contribution in [-0.2, 0) is 6.42 Å². The minimum Gasteiger partial charge on any atom is -0.355 e. The lowest BCUT2D eigenvalue weighted by molar-refractivity contribution is 0.163. The summed E-state index contributed by atoms with van der Waals surface area (Å²) in [7, 11) is 0. The number of nitrogens with zero attached hydrogens (tertiary/aromatic N) is 1. The molecule has 2 heteroatoms. The monoisotopic (exact) mass is 278 g/mol. The average molecular weight is 278 g/mol. The van der Waals surface area contributed by atoms with E-state index in [0.29, 0.717) is 6.04 Å². The lowest BCUT2D eigenvalue weighted by atomic mass is 9.95. The molecule has 0 saturated carbocycles. The molecule has 2 aliphatic heterocycles. The van der Waals surface area contributed by atoms with Crippen molar-refractivity contribution >= 4 is 11.4 Å². The number of para-hydroxylation sites is 2. The van der Waals surface area contributed by atoms with Crippen LogP contribution < -0.4 is 5.32 Å². The molecule has 0 spiro atoms. The van der Waals surface area contributed by atoms with Crippen LogP contribution in [0.5, 0.6) is 0 Å². The van der Waals surface area contributed by atoms with E-state index in [1.807, 2.05) is 0 Å². The van der Waals surface area contributed by atoms with E-state index in [9.17, 15) is 0 Å². The van der Waals surface area contributed by atoms with Gasteiger partial charge in [0, 0.05) is 17.4 Å². The third-order valence-electron chi connectivity index (χ3n) is 4.85. The first-order valence-electron chi connectivity index (χ1n) is 8.10. The Morgan fingerprint density at radius 3 is 2.38 bits per heavy atom. The van der Waals surface area contributed by atoms with Crippen molar-refractivity contribution in [2.24, 2.45) is 0 Å². The van der Waals surface area contributed by atoms with E-state index in [2.05, 4.69) is 58.7 Å². The van der Waals surface area contributed by atoms with Gasteiger partial charge in [0.25, 0.3) is 0 Å². The molecule has 2 aliphatic rings. The highest BCUT2D eigenvalue weighted by Gasteiger charge is 2.27. The van der Waals surface area contributed by atoms with Crippen LogP contribution in [0.25, 0.3) is 0 Å². The number of nitrogens with one attached hydrogen (secondary N) is 1. The molecule has 1 fully saturated rings. The van der Waals surface area contributed by atoms with Crippen molar-refractivity contribution in [2.45, 2.75) is 31.7 Å². The van der Waals surface area contributed by atoms with E-state index in [1.165, 1.54) is 54.9 Å². The number of hydrogen-bond acceptors (Lipinski definition) is 2. The molecule has 2 aromatic carbocycles. The zero-order valence-electron chi connectivity index (χ0n) is 12.4. The molecule has 2 heterocycles. The molecule has 21 heavy (non-hydrogen) atoms. The van der Waals surface area contributed by atoms with Crippen LogP contribution in [0.1, 0.15) is 36.4 Å². The zero-order valence-corrected chi connectivity index (χ0v) is 12.4. The lowest BCUT2D eigenvalue weighted by Crippen LogP contribution is -2.34. The second-order valence-electron chi connectivity index (χ2n) is 6.19. The predicted octanol–water partition coefficient (Wildman–Crippen LogP) is 4.51. The number of benzene rings is 2. The van der Waals surface area contributed by atoms with Crippen molar-refractivity contribution < 1.29 is 0 Å². The third-order valence-corrected chi connectivity index (χ3v) is 4.85. The molecule has 2 nitrogen and oxygen atoms in total. The Bertz CT molecular complexity index is 629. The highest BCUT2D eigenvalue weighted by Crippen LogP contribution is 2.38. The second kappa shape index (κ2) is 5.53. The summed E-state index contributed by atoms with van der Waals surface area (Å²) < 4.78 is 0. The van der Waals surface area contributed by atoms with E-state index in [0.717, 1.165) is 6.42 Å². The number of rotatable bonds is 1. The molecule has 0 aromatic heterocycles. The number of hydrogen-bond donors (Lipinski definition) is 1. The van der Waals surface area contributed by atoms with Crippen molar-refractivity contribution in [1.82, 2.24) is 4.90 Å². The van der Waals surface area contributed by atoms with Gasteiger partial charge in [-0.05, 0) is 55.6 Å². The van der Waals surface area contributed by atoms with Gasteiger partial charge in [0.2, 0.25) is 0 Å². The van der Waals surface area contributed by atoms with Crippen LogP contribution in [0.4, 0.5) is 11.4 Å². The van der Waals surface area contributed by atoms with E-state index < -0.39 is 0 Å². The van der Waals surface area contributed by atoms with Gasteiger partial charge >= 0.3 is 0 Å². The van der Waals surface area contributed by atoms with Gasteiger partial charge in [0.15, 0.2) is 0 Å². The van der Waals surface area contributed by atoms with E-state index in [1.54, 1.807) is 0 Å². The molecule has 0 bridgehead atoms. The third kappa shape index (κ3) is 2.44. The molecule has 0 unspecified atom stereocenters. The minimum absolute atomic E-state index is 0.512. The average Bonchev–Trinajstić information content (AvgIpc) is 2.72. The predicted molar refractivity (Wildman–Crippen MR) is 88.0 cm³/mol. The molecule has 2 aromatic rings. The number of fused-ring (bicyclic) bond motifs is 2. The fraction of sp³-hybridized carbons (Fsp3) is 0.368. The van der Waals surface area contributed by atoms with E-state index >= 15 is 0 Å². The van der Waals surface area contributed by atoms with Crippen LogP contribution in [0.15, 0.2) is 48.5 Å². The van der Waals surface area contributed by atoms with Gasteiger partial charge in [-0.15, -0.1) is 0 Å². The summed E-state index contributed by atoms with van der Waals surface area (Å²) in [5, 5.41) is 3.65. The Morgan fingerprint density at radius 1 is 0.810 bits per heavy atom. The van der Waals surface area contributed by atoms with Crippen LogP contribution in [0.3, 0.4) is 0 Å². The molecule has 108 valence electrons. The lowest BCUT2D eigenvalue weighted by Gasteiger charge is -2.35. The summed E-state index contributed by atoms with van der Waals surface area (Å²) in [6.07, 6.45) is 5.18. The topological polar surface area (TPSA) is 15.3 Å². The second-order valence-corrected chi connectivity index (χ2v) is 6.19. The summed E-state index contributed by atoms with van der Waals surface area (Å²) in [6, 6.07) is 18.1. The SMILES string of the molecule is c1ccc2c(c1)C[C@@H](N1CCCCC1)c1ccccc1N2. The first-order valence-corrected chi connectivity index (χ1v) is 8.10. The molecule has 1 atom stereocenters. The van der Waals surface area contributed by atoms with Crippen molar-refractivity contribution in [2.75, 3.05) is 18.4 Å². The van der Waals surface area contributed by atoms with Gasteiger partial charge in [-0.1, -0.05) is 42.8 Å². The summed E-state index contributed by atoms with van der Waals surface area (Å²) in [4.78, 5) is 2.69. The first-order chi connectivity index (χ1) is 10.4. The molecule has 0 aliphatic carbocycles. The smallest absolute Gasteiger partial charge is 0.0433 e. The Hall–Kier alpha value is -1.80. The van der Waals surface area contributed by atoms with Crippen molar-refractivity contribution in [3.8, 4) is 0 Å².